The number of carbonyl (C=O) groups excluding carboxylic acids is 3. The van der Waals surface area contributed by atoms with Crippen LogP contribution in [0, 0.1) is 0 Å². The minimum Gasteiger partial charge on any atom is -1.00 e. The van der Waals surface area contributed by atoms with Crippen molar-refractivity contribution in [3.63, 3.8) is 0 Å². The first kappa shape index (κ1) is 23.4. The van der Waals surface area contributed by atoms with Crippen molar-refractivity contribution in [2.75, 3.05) is 6.61 Å². The van der Waals surface area contributed by atoms with Crippen LogP contribution >= 0.6 is 11.6 Å². The van der Waals surface area contributed by atoms with Gasteiger partial charge in [0.15, 0.2) is 6.29 Å². The average molecular weight is 246 g/mol. The summed E-state index contributed by atoms with van der Waals surface area (Å²) in [6.07, 6.45) is 1.35. The molecular weight excluding hydrogens is 231 g/mol. The highest BCUT2D eigenvalue weighted by molar-refractivity contribution is 6.62. The Morgan fingerprint density at radius 2 is 1.64 bits per heavy atom. The number of hydrogen-bond donors (Lipinski definition) is 0. The van der Waals surface area contributed by atoms with Gasteiger partial charge in [-0.15, -0.1) is 6.61 Å². The quantitative estimate of drug-likeness (QED) is 0.268. The first-order valence-corrected chi connectivity index (χ1v) is 3.99. The Kier molecular flexibility index (Phi) is 38.3. The van der Waals surface area contributed by atoms with Gasteiger partial charge in [-0.3, -0.25) is 9.22 Å². The number of halogens is 2. The zero-order valence-electron chi connectivity index (χ0n) is 8.67. The lowest BCUT2D eigenvalue weighted by atomic mass is 10.8. The number of hydrogen-bond acceptors (Lipinski definition) is 3. The Morgan fingerprint density at radius 1 is 1.43 bits per heavy atom. The molecule has 0 saturated carbocycles. The molecular formula is C8H15Cl2O4-. The van der Waals surface area contributed by atoms with Crippen LogP contribution in [0.5, 0.6) is 0 Å². The molecule has 0 aliphatic rings. The summed E-state index contributed by atoms with van der Waals surface area (Å²) in [5.74, 6) is -0.266. The molecule has 0 amide bonds. The minimum atomic E-state index is -0.361. The molecule has 0 unspecified atom stereocenters. The molecule has 0 aromatic heterocycles. The van der Waals surface area contributed by atoms with Gasteiger partial charge in [0, 0.05) is 18.6 Å². The predicted molar refractivity (Wildman–Crippen MR) is 49.5 cm³/mol. The highest BCUT2D eigenvalue weighted by Gasteiger charge is 1.94. The van der Waals surface area contributed by atoms with E-state index in [2.05, 4.69) is 16.0 Å². The molecule has 6 heteroatoms. The van der Waals surface area contributed by atoms with Crippen molar-refractivity contribution in [1.29, 1.82) is 0 Å². The molecule has 86 valence electrons. The third kappa shape index (κ3) is 198. The van der Waals surface area contributed by atoms with Crippen LogP contribution in [0.2, 0.25) is 0 Å². The maximum Gasteiger partial charge on any atom is 0.576 e. The first-order chi connectivity index (χ1) is 5.92. The van der Waals surface area contributed by atoms with Crippen LogP contribution in [0.1, 0.15) is 27.7 Å². The third-order valence-corrected chi connectivity index (χ3v) is 0.284. The summed E-state index contributed by atoms with van der Waals surface area (Å²) in [5, 5.41) is 8.57. The molecule has 0 aliphatic carbocycles. The van der Waals surface area contributed by atoms with Crippen molar-refractivity contribution in [3.05, 3.63) is 0 Å². The van der Waals surface area contributed by atoms with Gasteiger partial charge in [-0.1, -0.05) is 6.92 Å². The van der Waals surface area contributed by atoms with E-state index >= 15 is 0 Å². The van der Waals surface area contributed by atoms with E-state index < -0.39 is 0 Å². The maximum absolute atomic E-state index is 9.79. The zero-order valence-corrected chi connectivity index (χ0v) is 10.2. The van der Waals surface area contributed by atoms with E-state index in [9.17, 15) is 9.59 Å². The number of rotatable bonds is 0. The van der Waals surface area contributed by atoms with Crippen LogP contribution in [-0.4, -0.2) is 24.1 Å². The van der Waals surface area contributed by atoms with Crippen molar-refractivity contribution in [3.8, 4) is 0 Å². The van der Waals surface area contributed by atoms with E-state index in [1.54, 1.807) is 13.8 Å². The fraction of sp³-hybridized carbons (Fsp3) is 0.625. The average Bonchev–Trinajstić information content (AvgIpc) is 1.86. The van der Waals surface area contributed by atoms with Gasteiger partial charge in [0.25, 0.3) is 0 Å². The Labute approximate surface area is 95.4 Å². The normalized spacial score (nSPS) is 7.29. The lowest BCUT2D eigenvalue weighted by molar-refractivity contribution is -0.370. The van der Waals surface area contributed by atoms with Crippen LogP contribution in [0.3, 0.4) is 0 Å². The van der Waals surface area contributed by atoms with Crippen molar-refractivity contribution in [2.24, 2.45) is 0 Å². The second-order valence-corrected chi connectivity index (χ2v) is 2.14. The highest BCUT2D eigenvalue weighted by atomic mass is 35.5. The summed E-state index contributed by atoms with van der Waals surface area (Å²) in [6.45, 7) is 5.88. The lowest BCUT2D eigenvalue weighted by Crippen LogP contribution is -3.00. The van der Waals surface area contributed by atoms with E-state index in [0.29, 0.717) is 0 Å². The molecule has 0 aliphatic heterocycles. The van der Waals surface area contributed by atoms with Gasteiger partial charge in [0.05, 0.1) is 6.92 Å². The van der Waals surface area contributed by atoms with E-state index in [4.69, 9.17) is 5.11 Å². The number of carbonyl (C=O) groups is 2. The fourth-order valence-electron chi connectivity index (χ4n) is 0.166. The molecule has 0 spiro atoms. The largest absolute Gasteiger partial charge is 1.00 e. The van der Waals surface area contributed by atoms with Crippen LogP contribution in [0.4, 0.5) is 0 Å². The molecule has 0 aromatic rings. The van der Waals surface area contributed by atoms with Gasteiger partial charge in [0.2, 0.25) is 5.24 Å². The summed E-state index contributed by atoms with van der Waals surface area (Å²) in [7, 11) is 0. The van der Waals surface area contributed by atoms with E-state index in [0.717, 1.165) is 0 Å². The topological polar surface area (TPSA) is 68.5 Å². The molecule has 0 heterocycles. The number of aldehydes is 1. The van der Waals surface area contributed by atoms with E-state index in [1.165, 1.54) is 20.1 Å². The summed E-state index contributed by atoms with van der Waals surface area (Å²) in [6, 6.07) is 0. The molecule has 0 atom stereocenters. The molecule has 0 N–H and O–H groups in total. The minimum absolute atomic E-state index is 0. The summed E-state index contributed by atoms with van der Waals surface area (Å²) in [5.41, 5.74) is 0. The zero-order chi connectivity index (χ0) is 11.3. The van der Waals surface area contributed by atoms with Gasteiger partial charge in [0.1, 0.15) is 0 Å². The molecule has 0 radical (unpaired) electrons. The second kappa shape index (κ2) is 22.9. The van der Waals surface area contributed by atoms with E-state index in [1.807, 2.05) is 0 Å². The molecule has 0 aromatic carbocycles. The first-order valence-electron chi connectivity index (χ1n) is 3.61. The molecule has 0 saturated heterocycles. The van der Waals surface area contributed by atoms with Gasteiger partial charge in [-0.2, -0.15) is 0 Å². The smallest absolute Gasteiger partial charge is 0.576 e. The van der Waals surface area contributed by atoms with Crippen molar-refractivity contribution in [2.45, 2.75) is 27.7 Å². The molecule has 0 bridgehead atoms. The summed E-state index contributed by atoms with van der Waals surface area (Å²) in [4.78, 5) is 19.0. The maximum atomic E-state index is 9.79. The van der Waals surface area contributed by atoms with E-state index in [-0.39, 0.29) is 30.2 Å². The molecule has 4 nitrogen and oxygen atoms in total. The Bertz CT molecular complexity index is 153. The van der Waals surface area contributed by atoms with Crippen LogP contribution < -0.4 is 17.5 Å². The Morgan fingerprint density at radius 3 is 1.64 bits per heavy atom. The summed E-state index contributed by atoms with van der Waals surface area (Å²) < 4.78 is 4.28. The van der Waals surface area contributed by atoms with Crippen LogP contribution in [0.25, 0.3) is 0 Å². The van der Waals surface area contributed by atoms with Crippen LogP contribution in [-0.2, 0) is 14.0 Å². The van der Waals surface area contributed by atoms with Crippen molar-refractivity contribution < 1.29 is 31.5 Å². The van der Waals surface area contributed by atoms with Gasteiger partial charge >= 0.3 is 5.97 Å². The highest BCUT2D eigenvalue weighted by Crippen LogP contribution is 1.67. The van der Waals surface area contributed by atoms with Crippen molar-refractivity contribution in [1.82, 2.24) is 0 Å². The van der Waals surface area contributed by atoms with Crippen molar-refractivity contribution >= 4 is 29.1 Å². The van der Waals surface area contributed by atoms with Gasteiger partial charge in [-0.05, 0) is 11.6 Å². The van der Waals surface area contributed by atoms with Crippen LogP contribution in [0.15, 0.2) is 0 Å². The second-order valence-electron chi connectivity index (χ2n) is 1.60. The molecule has 14 heavy (non-hydrogen) atoms. The Balaban J connectivity index is -0.0000000553. The molecule has 0 rings (SSSR count). The van der Waals surface area contributed by atoms with Gasteiger partial charge in [-0.25, -0.2) is 0 Å². The molecule has 0 fully saturated rings. The Hall–Kier alpha value is -0.450. The third-order valence-electron chi connectivity index (χ3n) is 0.284. The summed E-state index contributed by atoms with van der Waals surface area (Å²) >= 11 is 4.64. The fourth-order valence-corrected chi connectivity index (χ4v) is 0.166. The lowest BCUT2D eigenvalue weighted by Gasteiger charge is -1.79. The predicted octanol–water partition coefficient (Wildman–Crippen LogP) is -2.57. The van der Waals surface area contributed by atoms with Gasteiger partial charge < -0.3 is 17.5 Å². The monoisotopic (exact) mass is 245 g/mol. The standard InChI is InChI=1S/C4H7O2.C2H3ClO.C2H5O.ClH/c1-3-6-4(2)5;1-2(3)4;1-2-3;/h3H,1-2H3;1H3;2H2,1H3;1H/q+1;;-1;/p-1. The SMILES string of the molecule is CC(=O)Cl.CC=[O+]C(C)=O.CC[O-].[Cl-].